The predicted molar refractivity (Wildman–Crippen MR) is 83.2 cm³/mol. The number of amides is 1. The van der Waals surface area contributed by atoms with E-state index in [9.17, 15) is 9.18 Å². The van der Waals surface area contributed by atoms with Crippen molar-refractivity contribution in [1.82, 2.24) is 0 Å². The van der Waals surface area contributed by atoms with Crippen LogP contribution in [-0.4, -0.2) is 5.91 Å². The van der Waals surface area contributed by atoms with Crippen molar-refractivity contribution in [2.75, 3.05) is 5.32 Å². The van der Waals surface area contributed by atoms with Crippen LogP contribution in [0.15, 0.2) is 36.4 Å². The van der Waals surface area contributed by atoms with Gasteiger partial charge in [-0.25, -0.2) is 4.39 Å². The fourth-order valence-corrected chi connectivity index (χ4v) is 2.47. The zero-order valence-electron chi connectivity index (χ0n) is 9.95. The zero-order chi connectivity index (χ0) is 14.7. The van der Waals surface area contributed by atoms with Gasteiger partial charge in [-0.05, 0) is 59.0 Å². The molecule has 0 aromatic heterocycles. The van der Waals surface area contributed by atoms with E-state index >= 15 is 0 Å². The van der Waals surface area contributed by atoms with E-state index in [2.05, 4.69) is 5.32 Å². The molecule has 2 rings (SSSR count). The molecule has 0 spiro atoms. The highest BCUT2D eigenvalue weighted by Crippen LogP contribution is 2.22. The van der Waals surface area contributed by atoms with Gasteiger partial charge in [0.05, 0.1) is 16.8 Å². The van der Waals surface area contributed by atoms with Gasteiger partial charge in [-0.3, -0.25) is 4.79 Å². The molecule has 1 N–H and O–H groups in total. The van der Waals surface area contributed by atoms with E-state index < -0.39 is 11.7 Å². The molecule has 0 heterocycles. The molecule has 0 saturated heterocycles. The van der Waals surface area contributed by atoms with Crippen LogP contribution in [0.5, 0.6) is 0 Å². The van der Waals surface area contributed by atoms with Gasteiger partial charge in [0, 0.05) is 8.59 Å². The minimum absolute atomic E-state index is 0.305. The van der Waals surface area contributed by atoms with Gasteiger partial charge in [0.25, 0.3) is 5.91 Å². The molecule has 0 aliphatic heterocycles. The first-order valence-electron chi connectivity index (χ1n) is 5.47. The Morgan fingerprint density at radius 3 is 2.70 bits per heavy atom. The maximum Gasteiger partial charge on any atom is 0.256 e. The van der Waals surface area contributed by atoms with Crippen molar-refractivity contribution in [3.63, 3.8) is 0 Å². The summed E-state index contributed by atoms with van der Waals surface area (Å²) in [6.07, 6.45) is 0. The summed E-state index contributed by atoms with van der Waals surface area (Å²) >= 11 is 7.72. The first-order chi connectivity index (χ1) is 9.51. The predicted octanol–water partition coefficient (Wildman–Crippen LogP) is 4.21. The van der Waals surface area contributed by atoms with Gasteiger partial charge < -0.3 is 5.32 Å². The molecular weight excluding hydrogens is 394 g/mol. The summed E-state index contributed by atoms with van der Waals surface area (Å²) in [5.74, 6) is -0.834. The molecule has 0 saturated carbocycles. The number of nitriles is 1. The van der Waals surface area contributed by atoms with Crippen LogP contribution < -0.4 is 5.32 Å². The molecule has 20 heavy (non-hydrogen) atoms. The van der Waals surface area contributed by atoms with E-state index in [1.807, 2.05) is 28.7 Å². The van der Waals surface area contributed by atoms with Crippen LogP contribution in [-0.2, 0) is 0 Å². The summed E-state index contributed by atoms with van der Waals surface area (Å²) in [6.45, 7) is 0. The summed E-state index contributed by atoms with van der Waals surface area (Å²) in [5.41, 5.74) is 0.959. The SMILES string of the molecule is N#Cc1ccc(Cl)cc1NC(=O)c1ccc(F)cc1I. The molecule has 0 radical (unpaired) electrons. The Morgan fingerprint density at radius 1 is 1.30 bits per heavy atom. The van der Waals surface area contributed by atoms with Crippen molar-refractivity contribution >= 4 is 45.8 Å². The minimum Gasteiger partial charge on any atom is -0.321 e. The van der Waals surface area contributed by atoms with E-state index in [0.29, 0.717) is 25.4 Å². The van der Waals surface area contributed by atoms with Crippen molar-refractivity contribution in [3.8, 4) is 6.07 Å². The summed E-state index contributed by atoms with van der Waals surface area (Å²) in [4.78, 5) is 12.1. The lowest BCUT2D eigenvalue weighted by atomic mass is 10.1. The number of nitrogens with one attached hydrogen (secondary N) is 1. The maximum absolute atomic E-state index is 13.0. The lowest BCUT2D eigenvalue weighted by Crippen LogP contribution is -2.14. The van der Waals surface area contributed by atoms with Crippen molar-refractivity contribution in [3.05, 3.63) is 61.9 Å². The van der Waals surface area contributed by atoms with Gasteiger partial charge in [0.1, 0.15) is 11.9 Å². The smallest absolute Gasteiger partial charge is 0.256 e. The topological polar surface area (TPSA) is 52.9 Å². The Labute approximate surface area is 133 Å². The highest BCUT2D eigenvalue weighted by atomic mass is 127. The molecule has 1 amide bonds. The standard InChI is InChI=1S/C14H7ClFIN2O/c15-9-2-1-8(7-18)13(5-9)19-14(20)11-4-3-10(16)6-12(11)17/h1-6H,(H,19,20). The third kappa shape index (κ3) is 3.26. The summed E-state index contributed by atoms with van der Waals surface area (Å²) in [5, 5.41) is 12.0. The van der Waals surface area contributed by atoms with Gasteiger partial charge in [-0.15, -0.1) is 0 Å². The Hall–Kier alpha value is -1.65. The average molecular weight is 401 g/mol. The minimum atomic E-state index is -0.423. The van der Waals surface area contributed by atoms with Crippen molar-refractivity contribution in [1.29, 1.82) is 5.26 Å². The van der Waals surface area contributed by atoms with Crippen LogP contribution in [0.25, 0.3) is 0 Å². The summed E-state index contributed by atoms with van der Waals surface area (Å²) < 4.78 is 13.5. The third-order valence-electron chi connectivity index (χ3n) is 2.53. The molecule has 100 valence electrons. The third-order valence-corrected chi connectivity index (χ3v) is 3.65. The Bertz CT molecular complexity index is 728. The van der Waals surface area contributed by atoms with Crippen LogP contribution in [0.4, 0.5) is 10.1 Å². The lowest BCUT2D eigenvalue weighted by Gasteiger charge is -2.09. The normalized spacial score (nSPS) is 9.90. The van der Waals surface area contributed by atoms with Crippen LogP contribution >= 0.6 is 34.2 Å². The Balaban J connectivity index is 2.33. The number of carbonyl (C=O) groups excluding carboxylic acids is 1. The number of anilines is 1. The first-order valence-corrected chi connectivity index (χ1v) is 6.93. The van der Waals surface area contributed by atoms with Crippen LogP contribution in [0, 0.1) is 20.7 Å². The van der Waals surface area contributed by atoms with Gasteiger partial charge in [-0.2, -0.15) is 5.26 Å². The number of hydrogen-bond donors (Lipinski definition) is 1. The second kappa shape index (κ2) is 6.20. The molecule has 0 aliphatic rings. The van der Waals surface area contributed by atoms with Gasteiger partial charge in [0.2, 0.25) is 0 Å². The number of carbonyl (C=O) groups is 1. The quantitative estimate of drug-likeness (QED) is 0.768. The largest absolute Gasteiger partial charge is 0.321 e. The molecule has 2 aromatic carbocycles. The molecule has 0 unspecified atom stereocenters. The van der Waals surface area contributed by atoms with E-state index in [1.54, 1.807) is 6.07 Å². The molecule has 2 aromatic rings. The number of nitrogens with zero attached hydrogens (tertiary/aromatic N) is 1. The van der Waals surface area contributed by atoms with Crippen molar-refractivity contribution in [2.45, 2.75) is 0 Å². The number of halogens is 3. The molecule has 0 fully saturated rings. The zero-order valence-corrected chi connectivity index (χ0v) is 12.9. The van der Waals surface area contributed by atoms with E-state index in [0.717, 1.165) is 0 Å². The number of hydrogen-bond acceptors (Lipinski definition) is 2. The van der Waals surface area contributed by atoms with E-state index in [-0.39, 0.29) is 0 Å². The van der Waals surface area contributed by atoms with Crippen LogP contribution in [0.1, 0.15) is 15.9 Å². The number of rotatable bonds is 2. The number of benzene rings is 2. The van der Waals surface area contributed by atoms with Gasteiger partial charge in [-0.1, -0.05) is 11.6 Å². The lowest BCUT2D eigenvalue weighted by molar-refractivity contribution is 0.102. The highest BCUT2D eigenvalue weighted by molar-refractivity contribution is 14.1. The van der Waals surface area contributed by atoms with Crippen LogP contribution in [0.2, 0.25) is 5.02 Å². The molecule has 3 nitrogen and oxygen atoms in total. The van der Waals surface area contributed by atoms with Crippen molar-refractivity contribution < 1.29 is 9.18 Å². The molecule has 0 aliphatic carbocycles. The fraction of sp³-hybridized carbons (Fsp3) is 0. The highest BCUT2D eigenvalue weighted by Gasteiger charge is 2.13. The Kier molecular flexibility index (Phi) is 4.57. The van der Waals surface area contributed by atoms with Crippen molar-refractivity contribution in [2.24, 2.45) is 0 Å². The molecule has 0 bridgehead atoms. The maximum atomic E-state index is 13.0. The monoisotopic (exact) mass is 400 g/mol. The van der Waals surface area contributed by atoms with Gasteiger partial charge in [0.15, 0.2) is 0 Å². The van der Waals surface area contributed by atoms with E-state index in [1.165, 1.54) is 30.3 Å². The van der Waals surface area contributed by atoms with Gasteiger partial charge >= 0.3 is 0 Å². The fourth-order valence-electron chi connectivity index (χ4n) is 1.58. The molecule has 6 heteroatoms. The summed E-state index contributed by atoms with van der Waals surface area (Å²) in [7, 11) is 0. The Morgan fingerprint density at radius 2 is 2.05 bits per heavy atom. The van der Waals surface area contributed by atoms with E-state index in [4.69, 9.17) is 16.9 Å². The van der Waals surface area contributed by atoms with Crippen LogP contribution in [0.3, 0.4) is 0 Å². The molecular formula is C14H7ClFIN2O. The average Bonchev–Trinajstić information content (AvgIpc) is 2.38. The summed E-state index contributed by atoms with van der Waals surface area (Å²) in [6, 6.07) is 10.4. The first kappa shape index (κ1) is 14.8. The second-order valence-electron chi connectivity index (χ2n) is 3.88. The molecule has 0 atom stereocenters. The second-order valence-corrected chi connectivity index (χ2v) is 5.48.